The molecular weight excluding hydrogens is 395 g/mol. The summed E-state index contributed by atoms with van der Waals surface area (Å²) in [5, 5.41) is 0. The van der Waals surface area contributed by atoms with Crippen LogP contribution in [0, 0.1) is 0 Å². The fourth-order valence-corrected chi connectivity index (χ4v) is 3.10. The lowest BCUT2D eigenvalue weighted by atomic mass is 9.99. The smallest absolute Gasteiger partial charge is 0.406 e. The van der Waals surface area contributed by atoms with Crippen LogP contribution in [-0.2, 0) is 6.54 Å². The second-order valence-electron chi connectivity index (χ2n) is 5.91. The Morgan fingerprint density at radius 1 is 1.00 bits per heavy atom. The summed E-state index contributed by atoms with van der Waals surface area (Å²) in [6.07, 6.45) is -1.48. The van der Waals surface area contributed by atoms with E-state index >= 15 is 0 Å². The van der Waals surface area contributed by atoms with Gasteiger partial charge in [0, 0.05) is 24.1 Å². The number of benzene rings is 2. The first-order valence-electron chi connectivity index (χ1n) is 7.91. The number of hydrogen-bond donors (Lipinski definition) is 0. The van der Waals surface area contributed by atoms with E-state index in [-0.39, 0.29) is 5.75 Å². The Hall–Kier alpha value is -1.79. The Morgan fingerprint density at radius 3 is 2.24 bits per heavy atom. The van der Waals surface area contributed by atoms with Crippen molar-refractivity contribution in [2.45, 2.75) is 19.3 Å². The Balaban J connectivity index is 1.57. The van der Waals surface area contributed by atoms with E-state index in [2.05, 4.69) is 43.8 Å². The molecule has 0 amide bonds. The van der Waals surface area contributed by atoms with Gasteiger partial charge in [-0.25, -0.2) is 0 Å². The molecule has 0 spiro atoms. The maximum absolute atomic E-state index is 12.2. The van der Waals surface area contributed by atoms with E-state index in [0.29, 0.717) is 6.54 Å². The molecule has 132 valence electrons. The van der Waals surface area contributed by atoms with Crippen molar-refractivity contribution in [1.82, 2.24) is 4.90 Å². The van der Waals surface area contributed by atoms with Gasteiger partial charge in [0.25, 0.3) is 0 Å². The molecule has 3 rings (SSSR count). The van der Waals surface area contributed by atoms with Gasteiger partial charge in [0.2, 0.25) is 0 Å². The topological polar surface area (TPSA) is 12.5 Å². The molecule has 2 aromatic carbocycles. The van der Waals surface area contributed by atoms with Gasteiger partial charge in [-0.2, -0.15) is 0 Å². The monoisotopic (exact) mass is 411 g/mol. The number of hydrogen-bond acceptors (Lipinski definition) is 2. The van der Waals surface area contributed by atoms with Crippen LogP contribution in [-0.4, -0.2) is 24.4 Å². The van der Waals surface area contributed by atoms with Gasteiger partial charge < -0.3 is 4.74 Å². The molecule has 1 aliphatic heterocycles. The van der Waals surface area contributed by atoms with Gasteiger partial charge in [-0.15, -0.1) is 13.2 Å². The number of nitrogens with zero attached hydrogens (tertiary/aromatic N) is 1. The van der Waals surface area contributed by atoms with Crippen LogP contribution < -0.4 is 4.74 Å². The minimum Gasteiger partial charge on any atom is -0.406 e. The Labute approximate surface area is 153 Å². The summed E-state index contributed by atoms with van der Waals surface area (Å²) < 4.78 is 41.5. The van der Waals surface area contributed by atoms with E-state index in [1.165, 1.54) is 23.3 Å². The molecule has 0 fully saturated rings. The summed E-state index contributed by atoms with van der Waals surface area (Å²) in [5.41, 5.74) is 3.53. The van der Waals surface area contributed by atoms with Gasteiger partial charge in [-0.05, 0) is 47.4 Å². The van der Waals surface area contributed by atoms with Gasteiger partial charge in [0.15, 0.2) is 0 Å². The third-order valence-electron chi connectivity index (χ3n) is 4.07. The SMILES string of the molecule is FC(F)(F)Oc1ccc(CN2CC=C(c3ccc(Br)cc3)CC2)cc1. The van der Waals surface area contributed by atoms with E-state index in [9.17, 15) is 13.2 Å². The molecule has 2 aromatic rings. The van der Waals surface area contributed by atoms with Gasteiger partial charge in [0.1, 0.15) is 5.75 Å². The zero-order chi connectivity index (χ0) is 17.9. The van der Waals surface area contributed by atoms with Crippen LogP contribution >= 0.6 is 15.9 Å². The van der Waals surface area contributed by atoms with Crippen LogP contribution in [0.2, 0.25) is 0 Å². The fraction of sp³-hybridized carbons (Fsp3) is 0.263. The molecule has 6 heteroatoms. The Kier molecular flexibility index (Phi) is 5.49. The first-order chi connectivity index (χ1) is 11.9. The van der Waals surface area contributed by atoms with Crippen molar-refractivity contribution in [3.05, 3.63) is 70.2 Å². The second kappa shape index (κ2) is 7.62. The number of ether oxygens (including phenoxy) is 1. The lowest BCUT2D eigenvalue weighted by Gasteiger charge is -2.26. The van der Waals surface area contributed by atoms with Crippen molar-refractivity contribution < 1.29 is 17.9 Å². The van der Waals surface area contributed by atoms with E-state index < -0.39 is 6.36 Å². The largest absolute Gasteiger partial charge is 0.573 e. The molecule has 0 aromatic heterocycles. The average molecular weight is 412 g/mol. The van der Waals surface area contributed by atoms with E-state index in [4.69, 9.17) is 0 Å². The maximum atomic E-state index is 12.2. The molecule has 0 atom stereocenters. The summed E-state index contributed by atoms with van der Waals surface area (Å²) in [4.78, 5) is 2.27. The highest BCUT2D eigenvalue weighted by molar-refractivity contribution is 9.10. The van der Waals surface area contributed by atoms with E-state index in [1.807, 2.05) is 12.1 Å². The summed E-state index contributed by atoms with van der Waals surface area (Å²) in [6, 6.07) is 14.3. The highest BCUT2D eigenvalue weighted by Crippen LogP contribution is 2.26. The van der Waals surface area contributed by atoms with Crippen LogP contribution in [0.1, 0.15) is 17.5 Å². The fourth-order valence-electron chi connectivity index (χ4n) is 2.84. The van der Waals surface area contributed by atoms with E-state index in [0.717, 1.165) is 29.5 Å². The predicted octanol–water partition coefficient (Wildman–Crippen LogP) is 5.64. The summed E-state index contributed by atoms with van der Waals surface area (Å²) in [7, 11) is 0. The number of alkyl halides is 3. The maximum Gasteiger partial charge on any atom is 0.573 e. The zero-order valence-electron chi connectivity index (χ0n) is 13.4. The minimum atomic E-state index is -4.65. The highest BCUT2D eigenvalue weighted by Gasteiger charge is 2.30. The Morgan fingerprint density at radius 2 is 1.68 bits per heavy atom. The second-order valence-corrected chi connectivity index (χ2v) is 6.83. The lowest BCUT2D eigenvalue weighted by Crippen LogP contribution is -2.28. The molecular formula is C19H17BrF3NO. The highest BCUT2D eigenvalue weighted by atomic mass is 79.9. The molecule has 0 bridgehead atoms. The van der Waals surface area contributed by atoms with Crippen molar-refractivity contribution in [3.8, 4) is 5.75 Å². The van der Waals surface area contributed by atoms with Crippen molar-refractivity contribution in [3.63, 3.8) is 0 Å². The normalized spacial score (nSPS) is 15.8. The van der Waals surface area contributed by atoms with Crippen molar-refractivity contribution in [2.75, 3.05) is 13.1 Å². The van der Waals surface area contributed by atoms with E-state index in [1.54, 1.807) is 12.1 Å². The summed E-state index contributed by atoms with van der Waals surface area (Å²) >= 11 is 3.44. The van der Waals surface area contributed by atoms with Crippen molar-refractivity contribution in [1.29, 1.82) is 0 Å². The number of rotatable bonds is 4. The minimum absolute atomic E-state index is 0.188. The zero-order valence-corrected chi connectivity index (χ0v) is 15.0. The third kappa shape index (κ3) is 5.34. The van der Waals surface area contributed by atoms with Crippen LogP contribution in [0.4, 0.5) is 13.2 Å². The van der Waals surface area contributed by atoms with Gasteiger partial charge >= 0.3 is 6.36 Å². The summed E-state index contributed by atoms with van der Waals surface area (Å²) in [6.45, 7) is 2.45. The molecule has 0 unspecified atom stereocenters. The standard InChI is InChI=1S/C19H17BrF3NO/c20-17-5-3-15(4-6-17)16-9-11-24(12-10-16)13-14-1-7-18(8-2-14)25-19(21,22)23/h1-9H,10-13H2. The third-order valence-corrected chi connectivity index (χ3v) is 4.60. The molecule has 1 aliphatic rings. The first-order valence-corrected chi connectivity index (χ1v) is 8.70. The number of halogens is 4. The quantitative estimate of drug-likeness (QED) is 0.645. The van der Waals surface area contributed by atoms with Crippen LogP contribution in [0.25, 0.3) is 5.57 Å². The van der Waals surface area contributed by atoms with Crippen molar-refractivity contribution in [2.24, 2.45) is 0 Å². The molecule has 0 N–H and O–H groups in total. The average Bonchev–Trinajstić information content (AvgIpc) is 2.57. The van der Waals surface area contributed by atoms with Gasteiger partial charge in [0.05, 0.1) is 0 Å². The molecule has 0 aliphatic carbocycles. The van der Waals surface area contributed by atoms with Gasteiger partial charge in [-0.1, -0.05) is 46.3 Å². The van der Waals surface area contributed by atoms with Crippen LogP contribution in [0.15, 0.2) is 59.1 Å². The van der Waals surface area contributed by atoms with Crippen LogP contribution in [0.5, 0.6) is 5.75 Å². The molecule has 0 saturated heterocycles. The molecule has 0 radical (unpaired) electrons. The molecule has 25 heavy (non-hydrogen) atoms. The van der Waals surface area contributed by atoms with Gasteiger partial charge in [-0.3, -0.25) is 4.90 Å². The summed E-state index contributed by atoms with van der Waals surface area (Å²) in [5.74, 6) is -0.188. The van der Waals surface area contributed by atoms with Crippen molar-refractivity contribution >= 4 is 21.5 Å². The van der Waals surface area contributed by atoms with Crippen LogP contribution in [0.3, 0.4) is 0 Å². The molecule has 1 heterocycles. The first kappa shape index (κ1) is 18.0. The lowest BCUT2D eigenvalue weighted by molar-refractivity contribution is -0.274. The molecule has 0 saturated carbocycles. The predicted molar refractivity (Wildman–Crippen MR) is 95.1 cm³/mol. The Bertz CT molecular complexity index is 739. The molecule has 2 nitrogen and oxygen atoms in total.